The number of carbonyl (C=O) groups is 1. The minimum Gasteiger partial charge on any atom is -0.506 e. The molecule has 0 aliphatic heterocycles. The zero-order valence-corrected chi connectivity index (χ0v) is 17.9. The molecule has 1 aromatic heterocycles. The number of para-hydroxylation sites is 1. The summed E-state index contributed by atoms with van der Waals surface area (Å²) < 4.78 is 1.42. The SMILES string of the molecule is CSc1ccc2c(c1)c(O)c(C(=O)N(CCN(C)C)c1ccccc1)c(=O)n2C. The van der Waals surface area contributed by atoms with Crippen LogP contribution in [0.1, 0.15) is 10.4 Å². The van der Waals surface area contributed by atoms with Crippen molar-refractivity contribution in [2.24, 2.45) is 7.05 Å². The first-order chi connectivity index (χ1) is 13.8. The number of pyridine rings is 1. The van der Waals surface area contributed by atoms with Crippen molar-refractivity contribution in [3.63, 3.8) is 0 Å². The number of thioether (sulfide) groups is 1. The van der Waals surface area contributed by atoms with Gasteiger partial charge in [0.1, 0.15) is 11.3 Å². The van der Waals surface area contributed by atoms with E-state index in [1.807, 2.05) is 61.6 Å². The number of rotatable bonds is 6. The number of fused-ring (bicyclic) bond motifs is 1. The van der Waals surface area contributed by atoms with Gasteiger partial charge in [0.25, 0.3) is 11.5 Å². The summed E-state index contributed by atoms with van der Waals surface area (Å²) >= 11 is 1.53. The van der Waals surface area contributed by atoms with E-state index in [0.717, 1.165) is 4.90 Å². The molecule has 3 aromatic rings. The van der Waals surface area contributed by atoms with Gasteiger partial charge in [0, 0.05) is 36.1 Å². The molecule has 29 heavy (non-hydrogen) atoms. The minimum absolute atomic E-state index is 0.208. The van der Waals surface area contributed by atoms with E-state index in [4.69, 9.17) is 0 Å². The number of likely N-dealkylation sites (N-methyl/N-ethyl adjacent to an activating group) is 1. The summed E-state index contributed by atoms with van der Waals surface area (Å²) in [6.07, 6.45) is 1.94. The van der Waals surface area contributed by atoms with Gasteiger partial charge in [-0.1, -0.05) is 18.2 Å². The molecule has 6 nitrogen and oxygen atoms in total. The highest BCUT2D eigenvalue weighted by Crippen LogP contribution is 2.31. The minimum atomic E-state index is -0.511. The lowest BCUT2D eigenvalue weighted by molar-refractivity contribution is 0.0981. The Balaban J connectivity index is 2.18. The third kappa shape index (κ3) is 4.16. The summed E-state index contributed by atoms with van der Waals surface area (Å²) in [5, 5.41) is 11.4. The molecule has 0 aliphatic carbocycles. The number of amides is 1. The predicted octanol–water partition coefficient (Wildman–Crippen LogP) is 3.17. The van der Waals surface area contributed by atoms with Crippen molar-refractivity contribution in [3.8, 4) is 5.75 Å². The Kier molecular flexibility index (Phi) is 6.30. The molecule has 1 amide bonds. The molecule has 152 valence electrons. The highest BCUT2D eigenvalue weighted by Gasteiger charge is 2.26. The Bertz CT molecular complexity index is 1090. The number of hydrogen-bond acceptors (Lipinski definition) is 5. The van der Waals surface area contributed by atoms with Crippen LogP contribution in [-0.4, -0.2) is 53.9 Å². The van der Waals surface area contributed by atoms with Crippen LogP contribution in [0.25, 0.3) is 10.9 Å². The number of aromatic hydroxyl groups is 1. The quantitative estimate of drug-likeness (QED) is 0.631. The summed E-state index contributed by atoms with van der Waals surface area (Å²) in [5.41, 5.74) is 0.545. The summed E-state index contributed by atoms with van der Waals surface area (Å²) in [4.78, 5) is 30.9. The van der Waals surface area contributed by atoms with Crippen LogP contribution in [0.5, 0.6) is 5.75 Å². The van der Waals surface area contributed by atoms with Gasteiger partial charge in [0.15, 0.2) is 0 Å². The topological polar surface area (TPSA) is 65.8 Å². The Morgan fingerprint density at radius 1 is 1.10 bits per heavy atom. The normalized spacial score (nSPS) is 11.2. The van der Waals surface area contributed by atoms with Crippen LogP contribution in [0.3, 0.4) is 0 Å². The lowest BCUT2D eigenvalue weighted by Gasteiger charge is -2.25. The van der Waals surface area contributed by atoms with Gasteiger partial charge < -0.3 is 19.5 Å². The van der Waals surface area contributed by atoms with Gasteiger partial charge in [-0.2, -0.15) is 0 Å². The van der Waals surface area contributed by atoms with Crippen molar-refractivity contribution < 1.29 is 9.90 Å². The average molecular weight is 412 g/mol. The molecule has 0 spiro atoms. The summed E-state index contributed by atoms with van der Waals surface area (Å²) in [7, 11) is 5.46. The lowest BCUT2D eigenvalue weighted by Crippen LogP contribution is -2.40. The third-order valence-corrected chi connectivity index (χ3v) is 5.60. The Hall–Kier alpha value is -2.77. The van der Waals surface area contributed by atoms with Crippen LogP contribution in [-0.2, 0) is 7.05 Å². The van der Waals surface area contributed by atoms with Crippen LogP contribution in [0.4, 0.5) is 5.69 Å². The van der Waals surface area contributed by atoms with Gasteiger partial charge in [0.05, 0.1) is 5.52 Å². The van der Waals surface area contributed by atoms with Crippen molar-refractivity contribution in [1.29, 1.82) is 0 Å². The zero-order valence-electron chi connectivity index (χ0n) is 17.0. The van der Waals surface area contributed by atoms with Gasteiger partial charge in [-0.25, -0.2) is 0 Å². The molecule has 1 N–H and O–H groups in total. The molecule has 0 radical (unpaired) electrons. The Morgan fingerprint density at radius 3 is 2.41 bits per heavy atom. The van der Waals surface area contributed by atoms with Crippen LogP contribution in [0.2, 0.25) is 0 Å². The van der Waals surface area contributed by atoms with Crippen LogP contribution >= 0.6 is 11.8 Å². The van der Waals surface area contributed by atoms with E-state index in [1.165, 1.54) is 16.3 Å². The maximum Gasteiger partial charge on any atom is 0.267 e. The van der Waals surface area contributed by atoms with Crippen LogP contribution in [0, 0.1) is 0 Å². The molecule has 0 saturated heterocycles. The maximum absolute atomic E-state index is 13.5. The summed E-state index contributed by atoms with van der Waals surface area (Å²) in [6, 6.07) is 14.7. The Labute approximate surface area is 174 Å². The highest BCUT2D eigenvalue weighted by molar-refractivity contribution is 7.98. The fraction of sp³-hybridized carbons (Fsp3) is 0.273. The van der Waals surface area contributed by atoms with E-state index in [2.05, 4.69) is 0 Å². The second kappa shape index (κ2) is 8.71. The van der Waals surface area contributed by atoms with Gasteiger partial charge in [0.2, 0.25) is 0 Å². The molecule has 0 unspecified atom stereocenters. The average Bonchev–Trinajstić information content (AvgIpc) is 2.72. The van der Waals surface area contributed by atoms with Crippen molar-refractivity contribution >= 4 is 34.3 Å². The van der Waals surface area contributed by atoms with Crippen molar-refractivity contribution in [2.45, 2.75) is 4.90 Å². The highest BCUT2D eigenvalue weighted by atomic mass is 32.2. The second-order valence-electron chi connectivity index (χ2n) is 7.07. The molecule has 2 aromatic carbocycles. The van der Waals surface area contributed by atoms with E-state index in [-0.39, 0.29) is 11.3 Å². The van der Waals surface area contributed by atoms with Gasteiger partial charge in [-0.05, 0) is 50.7 Å². The third-order valence-electron chi connectivity index (χ3n) is 4.87. The predicted molar refractivity (Wildman–Crippen MR) is 119 cm³/mol. The number of aryl methyl sites for hydroxylation is 1. The molecule has 7 heteroatoms. The Morgan fingerprint density at radius 2 is 1.79 bits per heavy atom. The molecule has 3 rings (SSSR count). The van der Waals surface area contributed by atoms with Gasteiger partial charge in [-0.15, -0.1) is 11.8 Å². The number of anilines is 1. The molecule has 0 saturated carbocycles. The van der Waals surface area contributed by atoms with Crippen molar-refractivity contribution in [1.82, 2.24) is 9.47 Å². The fourth-order valence-electron chi connectivity index (χ4n) is 3.22. The largest absolute Gasteiger partial charge is 0.506 e. The molecule has 0 atom stereocenters. The maximum atomic E-state index is 13.5. The van der Waals surface area contributed by atoms with Crippen molar-refractivity contribution in [2.75, 3.05) is 38.3 Å². The molecule has 0 bridgehead atoms. The van der Waals surface area contributed by atoms with Crippen molar-refractivity contribution in [3.05, 3.63) is 64.4 Å². The van der Waals surface area contributed by atoms with E-state index in [9.17, 15) is 14.7 Å². The smallest absolute Gasteiger partial charge is 0.267 e. The second-order valence-corrected chi connectivity index (χ2v) is 7.95. The monoisotopic (exact) mass is 411 g/mol. The number of hydrogen-bond donors (Lipinski definition) is 1. The number of nitrogens with zero attached hydrogens (tertiary/aromatic N) is 3. The van der Waals surface area contributed by atoms with E-state index in [1.54, 1.807) is 24.1 Å². The van der Waals surface area contributed by atoms with Gasteiger partial charge in [-0.3, -0.25) is 9.59 Å². The number of carbonyl (C=O) groups excluding carboxylic acids is 1. The lowest BCUT2D eigenvalue weighted by atomic mass is 10.1. The zero-order chi connectivity index (χ0) is 21.1. The summed E-state index contributed by atoms with van der Waals surface area (Å²) in [6.45, 7) is 1.01. The van der Waals surface area contributed by atoms with E-state index >= 15 is 0 Å². The van der Waals surface area contributed by atoms with Crippen LogP contribution < -0.4 is 10.5 Å². The van der Waals surface area contributed by atoms with E-state index < -0.39 is 11.5 Å². The standard InChI is InChI=1S/C22H25N3O3S/c1-23(2)12-13-25(15-8-6-5-7-9-15)22(28)19-20(26)17-14-16(29-4)10-11-18(17)24(3)21(19)27/h5-11,14,26H,12-13H2,1-4H3. The first kappa shape index (κ1) is 21.0. The number of benzene rings is 2. The molecular formula is C22H25N3O3S. The molecule has 1 heterocycles. The fourth-order valence-corrected chi connectivity index (χ4v) is 3.66. The summed E-state index contributed by atoms with van der Waals surface area (Å²) in [5.74, 6) is -0.776. The molecule has 0 fully saturated rings. The van der Waals surface area contributed by atoms with E-state index in [0.29, 0.717) is 29.7 Å². The van der Waals surface area contributed by atoms with Crippen LogP contribution in [0.15, 0.2) is 58.2 Å². The molecule has 0 aliphatic rings. The molecular weight excluding hydrogens is 386 g/mol. The van der Waals surface area contributed by atoms with Gasteiger partial charge >= 0.3 is 0 Å². The number of aromatic nitrogens is 1. The first-order valence-electron chi connectivity index (χ1n) is 9.26. The first-order valence-corrected chi connectivity index (χ1v) is 10.5.